The van der Waals surface area contributed by atoms with Gasteiger partial charge in [-0.1, -0.05) is 17.7 Å². The van der Waals surface area contributed by atoms with Crippen molar-refractivity contribution in [2.75, 3.05) is 10.6 Å². The van der Waals surface area contributed by atoms with Crippen molar-refractivity contribution in [3.63, 3.8) is 0 Å². The van der Waals surface area contributed by atoms with E-state index < -0.39 is 11.8 Å². The second-order valence-electron chi connectivity index (χ2n) is 3.84. The summed E-state index contributed by atoms with van der Waals surface area (Å²) in [6.45, 7) is 3.76. The zero-order chi connectivity index (χ0) is 14.0. The third kappa shape index (κ3) is 3.21. The molecule has 0 bridgehead atoms. The number of aromatic nitrogens is 1. The second-order valence-corrected chi connectivity index (χ2v) is 5.45. The van der Waals surface area contributed by atoms with Crippen LogP contribution in [-0.4, -0.2) is 11.0 Å². The molecule has 2 aromatic rings. The molecule has 0 spiro atoms. The number of benzene rings is 1. The first-order valence-electron chi connectivity index (χ1n) is 5.43. The van der Waals surface area contributed by atoms with Crippen LogP contribution >= 0.6 is 22.9 Å². The van der Waals surface area contributed by atoms with E-state index in [4.69, 9.17) is 11.6 Å². The first-order valence-corrected chi connectivity index (χ1v) is 6.63. The quantitative estimate of drug-likeness (QED) is 0.873. The van der Waals surface area contributed by atoms with Crippen LogP contribution in [0.25, 0.3) is 0 Å². The highest BCUT2D eigenvalue weighted by Gasteiger charge is 2.12. The van der Waals surface area contributed by atoms with E-state index in [0.29, 0.717) is 5.13 Å². The summed E-state index contributed by atoms with van der Waals surface area (Å²) < 4.78 is 13.5. The Labute approximate surface area is 118 Å². The van der Waals surface area contributed by atoms with Gasteiger partial charge in [0.15, 0.2) is 5.13 Å². The molecule has 1 heterocycles. The monoisotopic (exact) mass is 299 g/mol. The van der Waals surface area contributed by atoms with Crippen molar-refractivity contribution in [1.82, 2.24) is 4.98 Å². The van der Waals surface area contributed by atoms with Crippen LogP contribution in [-0.2, 0) is 0 Å². The van der Waals surface area contributed by atoms with Crippen LogP contribution in [0.2, 0.25) is 5.02 Å². The van der Waals surface area contributed by atoms with Crippen LogP contribution in [0.5, 0.6) is 0 Å². The summed E-state index contributed by atoms with van der Waals surface area (Å²) >= 11 is 7.16. The molecule has 0 fully saturated rings. The smallest absolute Gasteiger partial charge is 0.304 e. The zero-order valence-corrected chi connectivity index (χ0v) is 11.8. The number of thiazole rings is 1. The number of halogens is 2. The molecule has 0 radical (unpaired) electrons. The Hall–Kier alpha value is -1.66. The van der Waals surface area contributed by atoms with Gasteiger partial charge in [-0.3, -0.25) is 5.32 Å². The van der Waals surface area contributed by atoms with Crippen LogP contribution in [0.1, 0.15) is 10.6 Å². The molecule has 0 aliphatic rings. The van der Waals surface area contributed by atoms with Gasteiger partial charge in [0.2, 0.25) is 0 Å². The summed E-state index contributed by atoms with van der Waals surface area (Å²) in [5.41, 5.74) is 0.802. The average molecular weight is 300 g/mol. The van der Waals surface area contributed by atoms with Gasteiger partial charge in [-0.05, 0) is 26.0 Å². The zero-order valence-electron chi connectivity index (χ0n) is 10.3. The Balaban J connectivity index is 2.09. The molecule has 19 heavy (non-hydrogen) atoms. The van der Waals surface area contributed by atoms with Crippen LogP contribution in [0.4, 0.5) is 20.0 Å². The van der Waals surface area contributed by atoms with Gasteiger partial charge in [0, 0.05) is 4.88 Å². The third-order valence-corrected chi connectivity index (χ3v) is 3.75. The summed E-state index contributed by atoms with van der Waals surface area (Å²) in [7, 11) is 0. The van der Waals surface area contributed by atoms with E-state index in [9.17, 15) is 9.18 Å². The van der Waals surface area contributed by atoms with Crippen molar-refractivity contribution in [2.45, 2.75) is 13.8 Å². The minimum atomic E-state index is -0.589. The number of urea groups is 1. The maximum Gasteiger partial charge on any atom is 0.325 e. The average Bonchev–Trinajstić information content (AvgIpc) is 2.63. The van der Waals surface area contributed by atoms with Crippen molar-refractivity contribution < 1.29 is 9.18 Å². The minimum Gasteiger partial charge on any atom is -0.304 e. The number of nitrogens with zero attached hydrogens (tertiary/aromatic N) is 1. The molecule has 2 rings (SSSR count). The highest BCUT2D eigenvalue weighted by Crippen LogP contribution is 2.25. The summed E-state index contributed by atoms with van der Waals surface area (Å²) in [5.74, 6) is -0.589. The number of hydrogen-bond donors (Lipinski definition) is 2. The van der Waals surface area contributed by atoms with Gasteiger partial charge in [-0.2, -0.15) is 0 Å². The SMILES string of the molecule is Cc1nc(NC(=O)Nc2c(F)cccc2Cl)sc1C. The molecule has 1 aromatic heterocycles. The topological polar surface area (TPSA) is 54.0 Å². The summed E-state index contributed by atoms with van der Waals surface area (Å²) in [4.78, 5) is 16.9. The van der Waals surface area contributed by atoms with Gasteiger partial charge < -0.3 is 5.32 Å². The summed E-state index contributed by atoms with van der Waals surface area (Å²) in [6, 6.07) is 3.60. The Morgan fingerprint density at radius 1 is 1.37 bits per heavy atom. The molecule has 4 nitrogen and oxygen atoms in total. The maximum atomic E-state index is 13.5. The molecular weight excluding hydrogens is 289 g/mol. The number of para-hydroxylation sites is 1. The van der Waals surface area contributed by atoms with Crippen molar-refractivity contribution in [3.05, 3.63) is 39.6 Å². The third-order valence-electron chi connectivity index (χ3n) is 2.45. The highest BCUT2D eigenvalue weighted by molar-refractivity contribution is 7.15. The van der Waals surface area contributed by atoms with Crippen LogP contribution < -0.4 is 10.6 Å². The van der Waals surface area contributed by atoms with Gasteiger partial charge in [0.1, 0.15) is 5.82 Å². The molecule has 0 unspecified atom stereocenters. The molecule has 0 aliphatic heterocycles. The lowest BCUT2D eigenvalue weighted by Crippen LogP contribution is -2.20. The molecular formula is C12H11ClFN3OS. The summed E-state index contributed by atoms with van der Waals surface area (Å²) in [6.07, 6.45) is 0. The normalized spacial score (nSPS) is 10.3. The van der Waals surface area contributed by atoms with Gasteiger partial charge in [0.05, 0.1) is 16.4 Å². The summed E-state index contributed by atoms with van der Waals surface area (Å²) in [5, 5.41) is 5.50. The molecule has 1 aromatic carbocycles. The van der Waals surface area contributed by atoms with E-state index in [1.807, 2.05) is 13.8 Å². The first kappa shape index (κ1) is 13.8. The van der Waals surface area contributed by atoms with Gasteiger partial charge >= 0.3 is 6.03 Å². The molecule has 7 heteroatoms. The predicted octanol–water partition coefficient (Wildman–Crippen LogP) is 4.20. The fraction of sp³-hybridized carbons (Fsp3) is 0.167. The van der Waals surface area contributed by atoms with E-state index in [-0.39, 0.29) is 10.7 Å². The molecule has 0 aliphatic carbocycles. The Kier molecular flexibility index (Phi) is 4.01. The number of nitrogens with one attached hydrogen (secondary N) is 2. The standard InChI is InChI=1S/C12H11ClFN3OS/c1-6-7(2)19-12(15-6)17-11(18)16-10-8(13)4-3-5-9(10)14/h3-5H,1-2H3,(H2,15,16,17,18). The first-order chi connectivity index (χ1) is 8.97. The maximum absolute atomic E-state index is 13.5. The largest absolute Gasteiger partial charge is 0.325 e. The molecule has 0 atom stereocenters. The lowest BCUT2D eigenvalue weighted by molar-refractivity contribution is 0.262. The van der Waals surface area contributed by atoms with E-state index in [1.54, 1.807) is 0 Å². The number of hydrogen-bond acceptors (Lipinski definition) is 3. The van der Waals surface area contributed by atoms with Crippen molar-refractivity contribution in [2.24, 2.45) is 0 Å². The number of carbonyl (C=O) groups is 1. The van der Waals surface area contributed by atoms with E-state index >= 15 is 0 Å². The predicted molar refractivity (Wildman–Crippen MR) is 75.6 cm³/mol. The van der Waals surface area contributed by atoms with E-state index in [2.05, 4.69) is 15.6 Å². The Bertz CT molecular complexity index is 590. The lowest BCUT2D eigenvalue weighted by atomic mass is 10.3. The fourth-order valence-electron chi connectivity index (χ4n) is 1.39. The lowest BCUT2D eigenvalue weighted by Gasteiger charge is -2.08. The van der Waals surface area contributed by atoms with Crippen LogP contribution in [0, 0.1) is 19.7 Å². The van der Waals surface area contributed by atoms with Crippen LogP contribution in [0.3, 0.4) is 0 Å². The van der Waals surface area contributed by atoms with Crippen molar-refractivity contribution >= 4 is 39.8 Å². The van der Waals surface area contributed by atoms with Crippen molar-refractivity contribution in [3.8, 4) is 0 Å². The van der Waals surface area contributed by atoms with Crippen molar-refractivity contribution in [1.29, 1.82) is 0 Å². The second kappa shape index (κ2) is 5.54. The number of amides is 2. The number of carbonyl (C=O) groups excluding carboxylic acids is 1. The minimum absolute atomic E-state index is 0.0494. The van der Waals surface area contributed by atoms with E-state index in [0.717, 1.165) is 10.6 Å². The Morgan fingerprint density at radius 3 is 2.68 bits per heavy atom. The van der Waals surface area contributed by atoms with Gasteiger partial charge in [-0.15, -0.1) is 11.3 Å². The highest BCUT2D eigenvalue weighted by atomic mass is 35.5. The Morgan fingerprint density at radius 2 is 2.11 bits per heavy atom. The molecule has 100 valence electrons. The fourth-order valence-corrected chi connectivity index (χ4v) is 2.41. The van der Waals surface area contributed by atoms with Gasteiger partial charge in [-0.25, -0.2) is 14.2 Å². The molecule has 0 saturated carbocycles. The van der Waals surface area contributed by atoms with Crippen LogP contribution in [0.15, 0.2) is 18.2 Å². The number of rotatable bonds is 2. The molecule has 2 amide bonds. The number of aryl methyl sites for hydroxylation is 2. The number of anilines is 2. The van der Waals surface area contributed by atoms with Gasteiger partial charge in [0.25, 0.3) is 0 Å². The molecule has 2 N–H and O–H groups in total. The molecule has 0 saturated heterocycles. The van der Waals surface area contributed by atoms with E-state index in [1.165, 1.54) is 29.5 Å².